The van der Waals surface area contributed by atoms with Crippen LogP contribution in [-0.4, -0.2) is 15.0 Å². The van der Waals surface area contributed by atoms with E-state index < -0.39 is 0 Å². The summed E-state index contributed by atoms with van der Waals surface area (Å²) >= 11 is 0. The zero-order chi connectivity index (χ0) is 27.0. The SMILES string of the molecule is CC(C)Cn1nc2c(-c3ccc(C4(C)CCCCC4)cc3)ccc(-c3ccc(C4(C)CCCCC4)cc3)c2n1. The molecule has 3 aromatic carbocycles. The highest BCUT2D eigenvalue weighted by Gasteiger charge is 2.30. The van der Waals surface area contributed by atoms with Crippen molar-refractivity contribution in [2.75, 3.05) is 0 Å². The Morgan fingerprint density at radius 1 is 0.590 bits per heavy atom. The van der Waals surface area contributed by atoms with Crippen LogP contribution < -0.4 is 0 Å². The molecule has 2 aliphatic carbocycles. The molecule has 3 heteroatoms. The van der Waals surface area contributed by atoms with Gasteiger partial charge in [0, 0.05) is 11.1 Å². The van der Waals surface area contributed by atoms with Crippen LogP contribution in [0.3, 0.4) is 0 Å². The van der Waals surface area contributed by atoms with Crippen molar-refractivity contribution in [2.45, 2.75) is 109 Å². The summed E-state index contributed by atoms with van der Waals surface area (Å²) in [5.74, 6) is 0.491. The van der Waals surface area contributed by atoms with Crippen LogP contribution in [0, 0.1) is 5.92 Å². The molecule has 4 aromatic rings. The quantitative estimate of drug-likeness (QED) is 0.254. The highest BCUT2D eigenvalue weighted by atomic mass is 15.5. The first-order valence-corrected chi connectivity index (χ1v) is 15.4. The Morgan fingerprint density at radius 3 is 1.33 bits per heavy atom. The van der Waals surface area contributed by atoms with Gasteiger partial charge < -0.3 is 0 Å². The van der Waals surface area contributed by atoms with Crippen LogP contribution in [-0.2, 0) is 17.4 Å². The highest BCUT2D eigenvalue weighted by molar-refractivity contribution is 6.00. The lowest BCUT2D eigenvalue weighted by atomic mass is 9.71. The second-order valence-electron chi connectivity index (χ2n) is 13.4. The van der Waals surface area contributed by atoms with Gasteiger partial charge in [-0.05, 0) is 64.7 Å². The Balaban J connectivity index is 1.37. The van der Waals surface area contributed by atoms with Gasteiger partial charge in [0.1, 0.15) is 11.0 Å². The van der Waals surface area contributed by atoms with Gasteiger partial charge in [-0.3, -0.25) is 0 Å². The van der Waals surface area contributed by atoms with Crippen molar-refractivity contribution in [3.05, 3.63) is 71.8 Å². The second-order valence-corrected chi connectivity index (χ2v) is 13.4. The molecule has 0 amide bonds. The molecule has 0 atom stereocenters. The van der Waals surface area contributed by atoms with E-state index in [1.807, 2.05) is 4.80 Å². The molecule has 1 aromatic heterocycles. The molecular weight excluding hydrogens is 474 g/mol. The van der Waals surface area contributed by atoms with Crippen molar-refractivity contribution < 1.29 is 0 Å². The van der Waals surface area contributed by atoms with Crippen LogP contribution in [0.2, 0.25) is 0 Å². The Bertz CT molecular complexity index is 1310. The molecule has 2 aliphatic rings. The summed E-state index contributed by atoms with van der Waals surface area (Å²) in [7, 11) is 0. The van der Waals surface area contributed by atoms with Gasteiger partial charge in [-0.25, -0.2) is 0 Å². The Labute approximate surface area is 235 Å². The average molecular weight is 520 g/mol. The Hall–Kier alpha value is -2.94. The zero-order valence-electron chi connectivity index (χ0n) is 24.5. The first-order chi connectivity index (χ1) is 18.8. The van der Waals surface area contributed by atoms with Gasteiger partial charge in [-0.1, -0.05) is 127 Å². The van der Waals surface area contributed by atoms with Crippen molar-refractivity contribution in [1.82, 2.24) is 15.0 Å². The smallest absolute Gasteiger partial charge is 0.121 e. The third-order valence-corrected chi connectivity index (χ3v) is 9.81. The predicted octanol–water partition coefficient (Wildman–Crippen LogP) is 9.86. The van der Waals surface area contributed by atoms with E-state index in [1.165, 1.54) is 97.6 Å². The highest BCUT2D eigenvalue weighted by Crippen LogP contribution is 2.42. The lowest BCUT2D eigenvalue weighted by Crippen LogP contribution is -2.24. The van der Waals surface area contributed by atoms with E-state index in [2.05, 4.69) is 88.4 Å². The zero-order valence-corrected chi connectivity index (χ0v) is 24.5. The minimum absolute atomic E-state index is 0.317. The lowest BCUT2D eigenvalue weighted by molar-refractivity contribution is 0.319. The molecule has 0 bridgehead atoms. The second kappa shape index (κ2) is 10.6. The number of aromatic nitrogens is 3. The number of hydrogen-bond donors (Lipinski definition) is 0. The molecule has 0 N–H and O–H groups in total. The standard InChI is InChI=1S/C36H45N3/c1-26(2)25-39-37-33-31(27-11-15-29(16-12-27)35(3)21-7-5-8-22-35)19-20-32(34(33)38-39)28-13-17-30(18-14-28)36(4)23-9-6-10-24-36/h11-20,26H,5-10,21-25H2,1-4H3. The summed E-state index contributed by atoms with van der Waals surface area (Å²) in [5, 5.41) is 10.1. The Morgan fingerprint density at radius 2 is 0.974 bits per heavy atom. The summed E-state index contributed by atoms with van der Waals surface area (Å²) in [6.45, 7) is 10.2. The van der Waals surface area contributed by atoms with Crippen molar-refractivity contribution in [2.24, 2.45) is 5.92 Å². The van der Waals surface area contributed by atoms with Gasteiger partial charge in [0.05, 0.1) is 6.54 Å². The minimum atomic E-state index is 0.317. The number of benzene rings is 3. The number of hydrogen-bond acceptors (Lipinski definition) is 2. The average Bonchev–Trinajstić information content (AvgIpc) is 3.36. The van der Waals surface area contributed by atoms with Crippen LogP contribution in [0.15, 0.2) is 60.7 Å². The molecule has 2 saturated carbocycles. The molecule has 2 fully saturated rings. The largest absolute Gasteiger partial charge is 0.183 e. The molecule has 3 nitrogen and oxygen atoms in total. The van der Waals surface area contributed by atoms with Crippen molar-refractivity contribution in [1.29, 1.82) is 0 Å². The minimum Gasteiger partial charge on any atom is -0.183 e. The van der Waals surface area contributed by atoms with E-state index in [4.69, 9.17) is 10.2 Å². The van der Waals surface area contributed by atoms with Crippen LogP contribution in [0.4, 0.5) is 0 Å². The number of fused-ring (bicyclic) bond motifs is 1. The first-order valence-electron chi connectivity index (χ1n) is 15.4. The van der Waals surface area contributed by atoms with Crippen LogP contribution in [0.25, 0.3) is 33.3 Å². The van der Waals surface area contributed by atoms with E-state index in [0.29, 0.717) is 16.7 Å². The van der Waals surface area contributed by atoms with Crippen LogP contribution in [0.5, 0.6) is 0 Å². The molecule has 6 rings (SSSR count). The number of nitrogens with zero attached hydrogens (tertiary/aromatic N) is 3. The van der Waals surface area contributed by atoms with Gasteiger partial charge in [0.25, 0.3) is 0 Å². The van der Waals surface area contributed by atoms with Gasteiger partial charge in [0.2, 0.25) is 0 Å². The molecule has 0 spiro atoms. The maximum atomic E-state index is 5.05. The molecule has 0 aliphatic heterocycles. The third kappa shape index (κ3) is 5.17. The van der Waals surface area contributed by atoms with E-state index in [-0.39, 0.29) is 0 Å². The van der Waals surface area contributed by atoms with E-state index in [0.717, 1.165) is 17.6 Å². The van der Waals surface area contributed by atoms with Crippen molar-refractivity contribution in [3.8, 4) is 22.3 Å². The molecule has 204 valence electrons. The summed E-state index contributed by atoms with van der Waals surface area (Å²) in [4.78, 5) is 1.91. The molecular formula is C36H45N3. The summed E-state index contributed by atoms with van der Waals surface area (Å²) < 4.78 is 0. The topological polar surface area (TPSA) is 30.7 Å². The fourth-order valence-electron chi connectivity index (χ4n) is 7.26. The predicted molar refractivity (Wildman–Crippen MR) is 164 cm³/mol. The van der Waals surface area contributed by atoms with Gasteiger partial charge in [-0.15, -0.1) is 0 Å². The fraction of sp³-hybridized carbons (Fsp3) is 0.500. The molecule has 1 heterocycles. The fourth-order valence-corrected chi connectivity index (χ4v) is 7.26. The van der Waals surface area contributed by atoms with Crippen LogP contribution in [0.1, 0.15) is 103 Å². The maximum absolute atomic E-state index is 5.05. The van der Waals surface area contributed by atoms with E-state index >= 15 is 0 Å². The maximum Gasteiger partial charge on any atom is 0.121 e. The third-order valence-electron chi connectivity index (χ3n) is 9.81. The van der Waals surface area contributed by atoms with E-state index in [1.54, 1.807) is 0 Å². The normalized spacial score (nSPS) is 19.0. The van der Waals surface area contributed by atoms with Crippen LogP contribution >= 0.6 is 0 Å². The lowest BCUT2D eigenvalue weighted by Gasteiger charge is -2.34. The van der Waals surface area contributed by atoms with Gasteiger partial charge in [-0.2, -0.15) is 15.0 Å². The molecule has 0 saturated heterocycles. The molecule has 39 heavy (non-hydrogen) atoms. The monoisotopic (exact) mass is 519 g/mol. The summed E-state index contributed by atoms with van der Waals surface area (Å²) in [6, 6.07) is 23.2. The molecule has 0 unspecified atom stereocenters. The van der Waals surface area contributed by atoms with Gasteiger partial charge in [0.15, 0.2) is 0 Å². The summed E-state index contributed by atoms with van der Waals surface area (Å²) in [6.07, 6.45) is 13.3. The number of rotatable bonds is 6. The molecule has 0 radical (unpaired) electrons. The van der Waals surface area contributed by atoms with E-state index in [9.17, 15) is 0 Å². The first kappa shape index (κ1) is 26.3. The summed E-state index contributed by atoms with van der Waals surface area (Å²) in [5.41, 5.74) is 10.4. The van der Waals surface area contributed by atoms with Gasteiger partial charge >= 0.3 is 0 Å². The van der Waals surface area contributed by atoms with Crippen molar-refractivity contribution in [3.63, 3.8) is 0 Å². The Kier molecular flexibility index (Phi) is 7.12. The van der Waals surface area contributed by atoms with Crippen molar-refractivity contribution >= 4 is 11.0 Å².